The van der Waals surface area contributed by atoms with Crippen molar-refractivity contribution in [1.82, 2.24) is 4.90 Å². The maximum Gasteiger partial charge on any atom is 0.407 e. The third-order valence-electron chi connectivity index (χ3n) is 5.50. The summed E-state index contributed by atoms with van der Waals surface area (Å²) in [6.07, 6.45) is 5.41. The van der Waals surface area contributed by atoms with Crippen molar-refractivity contribution in [2.75, 3.05) is 17.7 Å². The molecule has 0 aromatic heterocycles. The van der Waals surface area contributed by atoms with E-state index < -0.39 is 6.09 Å². The van der Waals surface area contributed by atoms with Crippen molar-refractivity contribution in [3.63, 3.8) is 0 Å². The van der Waals surface area contributed by atoms with Gasteiger partial charge in [0.1, 0.15) is 0 Å². The van der Waals surface area contributed by atoms with Crippen molar-refractivity contribution in [3.05, 3.63) is 29.8 Å². The first-order valence-electron chi connectivity index (χ1n) is 9.70. The van der Waals surface area contributed by atoms with E-state index in [9.17, 15) is 14.7 Å². The van der Waals surface area contributed by atoms with Gasteiger partial charge in [-0.05, 0) is 50.1 Å². The average Bonchev–Trinajstić information content (AvgIpc) is 2.61. The Labute approximate surface area is 167 Å². The zero-order valence-corrected chi connectivity index (χ0v) is 17.7. The topological polar surface area (TPSA) is 60.9 Å². The number of amides is 2. The minimum absolute atomic E-state index is 0.00753. The van der Waals surface area contributed by atoms with Crippen LogP contribution in [0.3, 0.4) is 0 Å². The van der Waals surface area contributed by atoms with E-state index >= 15 is 0 Å². The van der Waals surface area contributed by atoms with Gasteiger partial charge >= 0.3 is 6.09 Å². The van der Waals surface area contributed by atoms with Gasteiger partial charge in [0.05, 0.1) is 0 Å². The number of carbonyl (C=O) groups is 2. The van der Waals surface area contributed by atoms with Crippen molar-refractivity contribution in [3.8, 4) is 0 Å². The Morgan fingerprint density at radius 3 is 2.52 bits per heavy atom. The summed E-state index contributed by atoms with van der Waals surface area (Å²) < 4.78 is 0. The van der Waals surface area contributed by atoms with Crippen LogP contribution in [0.15, 0.2) is 24.3 Å². The van der Waals surface area contributed by atoms with Crippen LogP contribution in [-0.2, 0) is 10.5 Å². The number of carbonyl (C=O) groups excluding carboxylic acids is 1. The highest BCUT2D eigenvalue weighted by molar-refractivity contribution is 7.97. The zero-order chi connectivity index (χ0) is 20.0. The van der Waals surface area contributed by atoms with Crippen LogP contribution in [0.25, 0.3) is 0 Å². The molecule has 0 spiro atoms. The fourth-order valence-corrected chi connectivity index (χ4v) is 4.72. The van der Waals surface area contributed by atoms with Gasteiger partial charge < -0.3 is 14.9 Å². The molecular weight excluding hydrogens is 360 g/mol. The largest absolute Gasteiger partial charge is 0.465 e. The number of likely N-dealkylation sites (tertiary alicyclic amines) is 1. The summed E-state index contributed by atoms with van der Waals surface area (Å²) in [5.74, 6) is 0.956. The SMILES string of the molecule is CCCCC1CC(C)(N(C(C)=O)c2ccc(CSC)cc2)CCN1C(=O)O. The van der Waals surface area contributed by atoms with Gasteiger partial charge in [-0.15, -0.1) is 0 Å². The third kappa shape index (κ3) is 5.18. The van der Waals surface area contributed by atoms with Crippen LogP contribution in [0.5, 0.6) is 0 Å². The summed E-state index contributed by atoms with van der Waals surface area (Å²) in [6, 6.07) is 8.14. The zero-order valence-electron chi connectivity index (χ0n) is 16.9. The molecule has 6 heteroatoms. The van der Waals surface area contributed by atoms with Crippen LogP contribution < -0.4 is 4.90 Å². The standard InChI is InChI=1S/C21H32N2O3S/c1-5-6-7-19-14-21(3,12-13-22(19)20(25)26)23(16(2)24)18-10-8-17(9-11-18)15-27-4/h8-11,19H,5-7,12-15H2,1-4H3,(H,25,26). The second kappa shape index (κ2) is 9.49. The number of piperidine rings is 1. The molecule has 2 rings (SSSR count). The van der Waals surface area contributed by atoms with E-state index in [2.05, 4.69) is 32.2 Å². The Balaban J connectivity index is 2.29. The molecule has 27 heavy (non-hydrogen) atoms. The molecule has 1 fully saturated rings. The monoisotopic (exact) mass is 392 g/mol. The predicted molar refractivity (Wildman–Crippen MR) is 113 cm³/mol. The molecule has 0 bridgehead atoms. The highest BCUT2D eigenvalue weighted by Gasteiger charge is 2.43. The molecule has 5 nitrogen and oxygen atoms in total. The summed E-state index contributed by atoms with van der Waals surface area (Å²) in [4.78, 5) is 27.7. The lowest BCUT2D eigenvalue weighted by Gasteiger charge is -2.49. The van der Waals surface area contributed by atoms with E-state index in [0.29, 0.717) is 19.4 Å². The fraction of sp³-hybridized carbons (Fsp3) is 0.619. The van der Waals surface area contributed by atoms with Crippen molar-refractivity contribution in [1.29, 1.82) is 0 Å². The van der Waals surface area contributed by atoms with E-state index in [-0.39, 0.29) is 17.5 Å². The van der Waals surface area contributed by atoms with Crippen LogP contribution in [-0.4, -0.2) is 46.4 Å². The minimum Gasteiger partial charge on any atom is -0.465 e. The van der Waals surface area contributed by atoms with E-state index in [1.807, 2.05) is 17.0 Å². The highest BCUT2D eigenvalue weighted by atomic mass is 32.2. The molecule has 1 aromatic carbocycles. The molecule has 1 aromatic rings. The third-order valence-corrected chi connectivity index (χ3v) is 6.13. The Bertz CT molecular complexity index is 649. The summed E-state index contributed by atoms with van der Waals surface area (Å²) >= 11 is 1.77. The Morgan fingerprint density at radius 2 is 2.00 bits per heavy atom. The summed E-state index contributed by atoms with van der Waals surface area (Å²) in [5, 5.41) is 9.57. The van der Waals surface area contributed by atoms with E-state index in [1.165, 1.54) is 5.56 Å². The molecule has 2 unspecified atom stereocenters. The Morgan fingerprint density at radius 1 is 1.33 bits per heavy atom. The number of nitrogens with zero attached hydrogens (tertiary/aromatic N) is 2. The van der Waals surface area contributed by atoms with E-state index in [4.69, 9.17) is 0 Å². The van der Waals surface area contributed by atoms with Gasteiger partial charge in [-0.1, -0.05) is 31.9 Å². The van der Waals surface area contributed by atoms with Gasteiger partial charge in [0.15, 0.2) is 0 Å². The van der Waals surface area contributed by atoms with Crippen molar-refractivity contribution < 1.29 is 14.7 Å². The van der Waals surface area contributed by atoms with E-state index in [1.54, 1.807) is 23.6 Å². The average molecular weight is 393 g/mol. The predicted octanol–water partition coefficient (Wildman–Crippen LogP) is 4.99. The van der Waals surface area contributed by atoms with Gasteiger partial charge in [-0.3, -0.25) is 4.79 Å². The number of hydrogen-bond acceptors (Lipinski definition) is 3. The van der Waals surface area contributed by atoms with Crippen LogP contribution >= 0.6 is 11.8 Å². The first-order valence-corrected chi connectivity index (χ1v) is 11.1. The van der Waals surface area contributed by atoms with Crippen LogP contribution in [0, 0.1) is 0 Å². The molecule has 150 valence electrons. The van der Waals surface area contributed by atoms with Crippen LogP contribution in [0.2, 0.25) is 0 Å². The maximum absolute atomic E-state index is 12.6. The molecule has 0 radical (unpaired) electrons. The molecule has 2 amide bonds. The number of thioether (sulfide) groups is 1. The Hall–Kier alpha value is -1.69. The van der Waals surface area contributed by atoms with Crippen LogP contribution in [0.4, 0.5) is 10.5 Å². The molecule has 0 saturated carbocycles. The quantitative estimate of drug-likeness (QED) is 0.710. The molecule has 1 aliphatic rings. The first-order chi connectivity index (χ1) is 12.8. The van der Waals surface area contributed by atoms with Gasteiger partial charge in [0, 0.05) is 36.5 Å². The van der Waals surface area contributed by atoms with Crippen molar-refractivity contribution >= 4 is 29.4 Å². The normalized spacial score (nSPS) is 22.5. The lowest BCUT2D eigenvalue weighted by atomic mass is 9.81. The summed E-state index contributed by atoms with van der Waals surface area (Å²) in [5.41, 5.74) is 1.76. The summed E-state index contributed by atoms with van der Waals surface area (Å²) in [7, 11) is 0. The maximum atomic E-state index is 12.6. The van der Waals surface area contributed by atoms with Gasteiger partial charge in [-0.25, -0.2) is 4.79 Å². The van der Waals surface area contributed by atoms with Gasteiger partial charge in [-0.2, -0.15) is 11.8 Å². The smallest absolute Gasteiger partial charge is 0.407 e. The minimum atomic E-state index is -0.853. The second-order valence-corrected chi connectivity index (χ2v) is 8.54. The highest BCUT2D eigenvalue weighted by Crippen LogP contribution is 2.37. The second-order valence-electron chi connectivity index (χ2n) is 7.68. The molecule has 2 atom stereocenters. The molecule has 1 aliphatic heterocycles. The van der Waals surface area contributed by atoms with Crippen LogP contribution in [0.1, 0.15) is 58.4 Å². The van der Waals surface area contributed by atoms with Gasteiger partial charge in [0.2, 0.25) is 5.91 Å². The number of anilines is 1. The number of rotatable bonds is 7. The van der Waals surface area contributed by atoms with Crippen molar-refractivity contribution in [2.45, 2.75) is 70.2 Å². The number of unbranched alkanes of at least 4 members (excludes halogenated alkanes) is 1. The van der Waals surface area contributed by atoms with Gasteiger partial charge in [0.25, 0.3) is 0 Å². The molecule has 0 aliphatic carbocycles. The molecular formula is C21H32N2O3S. The Kier molecular flexibility index (Phi) is 7.59. The lowest BCUT2D eigenvalue weighted by molar-refractivity contribution is -0.118. The number of benzene rings is 1. The fourth-order valence-electron chi connectivity index (χ4n) is 4.20. The molecule has 1 heterocycles. The van der Waals surface area contributed by atoms with Crippen molar-refractivity contribution in [2.24, 2.45) is 0 Å². The van der Waals surface area contributed by atoms with E-state index in [0.717, 1.165) is 30.7 Å². The lowest BCUT2D eigenvalue weighted by Crippen LogP contribution is -2.59. The first kappa shape index (κ1) is 21.6. The summed E-state index contributed by atoms with van der Waals surface area (Å²) in [6.45, 7) is 6.29. The number of hydrogen-bond donors (Lipinski definition) is 1. The molecule has 1 saturated heterocycles. The molecule has 1 N–H and O–H groups in total. The number of carboxylic acid groups (broad SMARTS) is 1.